The van der Waals surface area contributed by atoms with Crippen LogP contribution in [0.3, 0.4) is 0 Å². The SMILES string of the molecule is CC1(C)OB(c2ccc3ncccc3c2)OC1(C)C. The molecule has 1 aliphatic heterocycles. The summed E-state index contributed by atoms with van der Waals surface area (Å²) in [6.07, 6.45) is 1.80. The minimum atomic E-state index is -0.311. The fourth-order valence-electron chi connectivity index (χ4n) is 2.22. The zero-order valence-corrected chi connectivity index (χ0v) is 11.8. The number of aromatic nitrogens is 1. The van der Waals surface area contributed by atoms with E-state index in [0.717, 1.165) is 16.4 Å². The molecule has 0 N–H and O–H groups in total. The van der Waals surface area contributed by atoms with Crippen LogP contribution >= 0.6 is 0 Å². The normalized spacial score (nSPS) is 20.9. The summed E-state index contributed by atoms with van der Waals surface area (Å²) in [5.74, 6) is 0. The Bertz CT molecular complexity index is 608. The van der Waals surface area contributed by atoms with Crippen molar-refractivity contribution in [3.8, 4) is 0 Å². The average Bonchev–Trinajstić information content (AvgIpc) is 2.58. The molecule has 0 radical (unpaired) electrons. The summed E-state index contributed by atoms with van der Waals surface area (Å²) in [5.41, 5.74) is 1.42. The molecule has 1 aliphatic rings. The van der Waals surface area contributed by atoms with Crippen LogP contribution in [0.15, 0.2) is 36.5 Å². The predicted molar refractivity (Wildman–Crippen MR) is 77.5 cm³/mol. The van der Waals surface area contributed by atoms with Crippen molar-refractivity contribution in [3.05, 3.63) is 36.5 Å². The third kappa shape index (κ3) is 2.05. The lowest BCUT2D eigenvalue weighted by molar-refractivity contribution is 0.00578. The third-order valence-electron chi connectivity index (χ3n) is 4.15. The lowest BCUT2D eigenvalue weighted by Crippen LogP contribution is -2.41. The monoisotopic (exact) mass is 255 g/mol. The van der Waals surface area contributed by atoms with Crippen LogP contribution in [0.4, 0.5) is 0 Å². The highest BCUT2D eigenvalue weighted by atomic mass is 16.7. The molecule has 0 spiro atoms. The molecule has 3 rings (SSSR count). The Kier molecular flexibility index (Phi) is 2.70. The molecule has 2 heterocycles. The van der Waals surface area contributed by atoms with E-state index in [-0.39, 0.29) is 18.3 Å². The van der Waals surface area contributed by atoms with E-state index >= 15 is 0 Å². The van der Waals surface area contributed by atoms with Gasteiger partial charge in [0.2, 0.25) is 0 Å². The predicted octanol–water partition coefficient (Wildman–Crippen LogP) is 2.53. The lowest BCUT2D eigenvalue weighted by atomic mass is 9.78. The van der Waals surface area contributed by atoms with Gasteiger partial charge in [0, 0.05) is 6.20 Å². The van der Waals surface area contributed by atoms with Gasteiger partial charge in [0.15, 0.2) is 0 Å². The highest BCUT2D eigenvalue weighted by molar-refractivity contribution is 6.62. The second-order valence-corrected chi connectivity index (χ2v) is 6.04. The van der Waals surface area contributed by atoms with Gasteiger partial charge in [-0.15, -0.1) is 0 Å². The molecule has 0 saturated carbocycles. The van der Waals surface area contributed by atoms with E-state index in [4.69, 9.17) is 9.31 Å². The van der Waals surface area contributed by atoms with Gasteiger partial charge in [0.05, 0.1) is 16.7 Å². The molecule has 2 aromatic rings. The second-order valence-electron chi connectivity index (χ2n) is 6.04. The quantitative estimate of drug-likeness (QED) is 0.734. The molecule has 98 valence electrons. The van der Waals surface area contributed by atoms with Crippen LogP contribution in [0.2, 0.25) is 0 Å². The maximum absolute atomic E-state index is 6.06. The van der Waals surface area contributed by atoms with Crippen molar-refractivity contribution in [2.45, 2.75) is 38.9 Å². The van der Waals surface area contributed by atoms with E-state index in [1.807, 2.05) is 18.2 Å². The largest absolute Gasteiger partial charge is 0.494 e. The summed E-state index contributed by atoms with van der Waals surface area (Å²) in [7, 11) is -0.311. The number of hydrogen-bond acceptors (Lipinski definition) is 3. The smallest absolute Gasteiger partial charge is 0.399 e. The molecule has 1 fully saturated rings. The molecular weight excluding hydrogens is 237 g/mol. The van der Waals surface area contributed by atoms with E-state index in [1.54, 1.807) is 6.20 Å². The average molecular weight is 255 g/mol. The second kappa shape index (κ2) is 4.05. The summed E-state index contributed by atoms with van der Waals surface area (Å²) in [6.45, 7) is 8.26. The Morgan fingerprint density at radius 2 is 1.68 bits per heavy atom. The summed E-state index contributed by atoms with van der Waals surface area (Å²) >= 11 is 0. The van der Waals surface area contributed by atoms with Crippen LogP contribution < -0.4 is 5.46 Å². The number of pyridine rings is 1. The molecule has 19 heavy (non-hydrogen) atoms. The van der Waals surface area contributed by atoms with Crippen molar-refractivity contribution in [2.24, 2.45) is 0 Å². The zero-order chi connectivity index (χ0) is 13.7. The fraction of sp³-hybridized carbons (Fsp3) is 0.400. The van der Waals surface area contributed by atoms with Gasteiger partial charge in [-0.3, -0.25) is 4.98 Å². The minimum Gasteiger partial charge on any atom is -0.399 e. The first-order chi connectivity index (χ1) is 8.89. The fourth-order valence-corrected chi connectivity index (χ4v) is 2.22. The van der Waals surface area contributed by atoms with Crippen molar-refractivity contribution in [3.63, 3.8) is 0 Å². The first kappa shape index (κ1) is 12.6. The molecule has 0 unspecified atom stereocenters. The molecule has 1 aromatic carbocycles. The number of hydrogen-bond donors (Lipinski definition) is 0. The first-order valence-corrected chi connectivity index (χ1v) is 6.59. The van der Waals surface area contributed by atoms with Gasteiger partial charge in [0.1, 0.15) is 0 Å². The van der Waals surface area contributed by atoms with E-state index < -0.39 is 0 Å². The van der Waals surface area contributed by atoms with E-state index in [2.05, 4.69) is 44.8 Å². The van der Waals surface area contributed by atoms with Gasteiger partial charge < -0.3 is 9.31 Å². The molecule has 4 heteroatoms. The van der Waals surface area contributed by atoms with Gasteiger partial charge in [-0.05, 0) is 50.7 Å². The molecule has 1 aromatic heterocycles. The van der Waals surface area contributed by atoms with Crippen LogP contribution in [-0.4, -0.2) is 23.3 Å². The summed E-state index contributed by atoms with van der Waals surface area (Å²) in [6, 6.07) is 10.1. The van der Waals surface area contributed by atoms with Gasteiger partial charge >= 0.3 is 7.12 Å². The standard InChI is InChI=1S/C15H18BNO2/c1-14(2)15(3,4)19-16(18-14)12-7-8-13-11(10-12)6-5-9-17-13/h5-10H,1-4H3. The Morgan fingerprint density at radius 1 is 1.00 bits per heavy atom. The Labute approximate surface area is 114 Å². The lowest BCUT2D eigenvalue weighted by Gasteiger charge is -2.32. The minimum absolute atomic E-state index is 0.304. The number of rotatable bonds is 1. The van der Waals surface area contributed by atoms with Crippen LogP contribution in [0.25, 0.3) is 10.9 Å². The molecule has 3 nitrogen and oxygen atoms in total. The van der Waals surface area contributed by atoms with Crippen LogP contribution in [0.1, 0.15) is 27.7 Å². The maximum Gasteiger partial charge on any atom is 0.494 e. The van der Waals surface area contributed by atoms with E-state index in [0.29, 0.717) is 0 Å². The summed E-state index contributed by atoms with van der Waals surface area (Å²) in [4.78, 5) is 4.32. The maximum atomic E-state index is 6.06. The van der Waals surface area contributed by atoms with Crippen LogP contribution in [0.5, 0.6) is 0 Å². The van der Waals surface area contributed by atoms with E-state index in [9.17, 15) is 0 Å². The van der Waals surface area contributed by atoms with Crippen molar-refractivity contribution < 1.29 is 9.31 Å². The van der Waals surface area contributed by atoms with Gasteiger partial charge in [-0.2, -0.15) is 0 Å². The van der Waals surface area contributed by atoms with Crippen LogP contribution in [-0.2, 0) is 9.31 Å². The molecule has 0 aliphatic carbocycles. The highest BCUT2D eigenvalue weighted by Crippen LogP contribution is 2.36. The van der Waals surface area contributed by atoms with Gasteiger partial charge in [-0.25, -0.2) is 0 Å². The molecule has 0 atom stereocenters. The summed E-state index contributed by atoms with van der Waals surface area (Å²) in [5, 5.41) is 1.11. The first-order valence-electron chi connectivity index (χ1n) is 6.59. The molecule has 1 saturated heterocycles. The topological polar surface area (TPSA) is 31.4 Å². The van der Waals surface area contributed by atoms with E-state index in [1.165, 1.54) is 0 Å². The van der Waals surface area contributed by atoms with Crippen molar-refractivity contribution in [1.29, 1.82) is 0 Å². The van der Waals surface area contributed by atoms with Gasteiger partial charge in [-0.1, -0.05) is 18.2 Å². The Morgan fingerprint density at radius 3 is 2.37 bits per heavy atom. The van der Waals surface area contributed by atoms with Crippen molar-refractivity contribution in [1.82, 2.24) is 4.98 Å². The number of benzene rings is 1. The van der Waals surface area contributed by atoms with Crippen molar-refractivity contribution >= 4 is 23.5 Å². The van der Waals surface area contributed by atoms with Crippen LogP contribution in [0, 0.1) is 0 Å². The number of fused-ring (bicyclic) bond motifs is 1. The molecule has 0 bridgehead atoms. The number of nitrogens with zero attached hydrogens (tertiary/aromatic N) is 1. The van der Waals surface area contributed by atoms with Crippen molar-refractivity contribution in [2.75, 3.05) is 0 Å². The third-order valence-corrected chi connectivity index (χ3v) is 4.15. The zero-order valence-electron chi connectivity index (χ0n) is 11.8. The van der Waals surface area contributed by atoms with Gasteiger partial charge in [0.25, 0.3) is 0 Å². The Balaban J connectivity index is 1.98. The molecule has 0 amide bonds. The molecular formula is C15H18BNO2. The highest BCUT2D eigenvalue weighted by Gasteiger charge is 2.51. The Hall–Kier alpha value is -1.39. The summed E-state index contributed by atoms with van der Waals surface area (Å²) < 4.78 is 12.1.